The molecule has 3 unspecified atom stereocenters. The highest BCUT2D eigenvalue weighted by atomic mass is 16.5. The fraction of sp³-hybridized carbons (Fsp3) is 0.627. The highest BCUT2D eigenvalue weighted by Gasteiger charge is 2.78. The molecule has 4 fully saturated rings. The zero-order valence-corrected chi connectivity index (χ0v) is 46.0. The summed E-state index contributed by atoms with van der Waals surface area (Å²) in [6.45, 7) is 8.76. The van der Waals surface area contributed by atoms with Crippen LogP contribution in [0.1, 0.15) is 112 Å². The fourth-order valence-corrected chi connectivity index (χ4v) is 16.3. The van der Waals surface area contributed by atoms with E-state index in [1.165, 1.54) is 22.4 Å². The minimum atomic E-state index is -2.34. The molecule has 8 heterocycles. The van der Waals surface area contributed by atoms with Crippen LogP contribution in [0.25, 0.3) is 10.9 Å². The molecule has 1 amide bonds. The van der Waals surface area contributed by atoms with Crippen molar-refractivity contribution in [3.63, 3.8) is 0 Å². The molecule has 78 heavy (non-hydrogen) atoms. The van der Waals surface area contributed by atoms with Gasteiger partial charge in [-0.1, -0.05) is 57.0 Å². The number of unbranched alkanes of at least 4 members (excludes halogenated alkanes) is 3. The molecular weight excluding hydrogens is 999 g/mol. The Hall–Kier alpha value is -5.38. The average Bonchev–Trinajstić information content (AvgIpc) is 1.98. The summed E-state index contributed by atoms with van der Waals surface area (Å²) in [5, 5.41) is 62.8. The van der Waals surface area contributed by atoms with Crippen molar-refractivity contribution in [2.75, 3.05) is 72.0 Å². The Balaban J connectivity index is 0.934. The van der Waals surface area contributed by atoms with E-state index >= 15 is 9.59 Å². The molecule has 2 aromatic heterocycles. The van der Waals surface area contributed by atoms with E-state index in [4.69, 9.17) is 14.2 Å². The number of piperidine rings is 1. The van der Waals surface area contributed by atoms with Crippen LogP contribution >= 0.6 is 0 Å². The largest absolute Gasteiger partial charge is 0.496 e. The Bertz CT molecular complexity index is 3140. The van der Waals surface area contributed by atoms with Crippen LogP contribution in [0.4, 0.5) is 5.69 Å². The van der Waals surface area contributed by atoms with Crippen LogP contribution in [0, 0.1) is 18.3 Å². The third-order valence-corrected chi connectivity index (χ3v) is 19.9. The number of ether oxygens (including phenoxy) is 3. The van der Waals surface area contributed by atoms with Gasteiger partial charge < -0.3 is 54.9 Å². The number of esters is 1. The number of rotatable bonds is 15. The van der Waals surface area contributed by atoms with Crippen LogP contribution in [-0.2, 0) is 42.9 Å². The van der Waals surface area contributed by atoms with Gasteiger partial charge in [-0.2, -0.15) is 0 Å². The van der Waals surface area contributed by atoms with Gasteiger partial charge in [-0.25, -0.2) is 4.79 Å². The Morgan fingerprint density at radius 3 is 2.49 bits per heavy atom. The summed E-state index contributed by atoms with van der Waals surface area (Å²) < 4.78 is 20.7. The highest BCUT2D eigenvalue weighted by Crippen LogP contribution is 2.67. The first-order valence-electron chi connectivity index (χ1n) is 28.4. The number of carbonyl (C=O) groups excluding carboxylic acids is 2. The van der Waals surface area contributed by atoms with Crippen LogP contribution in [0.2, 0.25) is 0 Å². The molecule has 1 aliphatic carbocycles. The lowest BCUT2D eigenvalue weighted by molar-refractivity contribution is -0.203. The number of fused-ring (bicyclic) bond motifs is 6. The molecule has 7 aliphatic rings. The number of aryl methyl sites for hydroxylation is 1. The standard InChI is InChI=1S/C59H79N7O12/c1-7-55(74)29-36-30-58(53(72)77-6,47-38(18-24-63(32-36)34-55)37-16-11-12-17-41(37)61-47)40-26-39-42(27-44(40)76-5)62(4)50-57(39)20-25-64-22-15-19-56(8-2,49(57)64)51(70)59(50,75)52(71)60-21-13-9-10-14-23-65-48(69)35(3)31-66(54(65)73)46-28-43(68)45(33-67)78-46/h11-12,15-17,19,26-27,31,36,43,45-46,49-51,61,67-68,70,74-75H,7-10,13-14,18,20-25,28-30,32-34H2,1-6H3,(H,60,71)/t36?,43-,45+,46+,49+,50-,51-,55+,56-,57?,58+,59-/m1/s1. The Morgan fingerprint density at radius 2 is 1.76 bits per heavy atom. The van der Waals surface area contributed by atoms with E-state index in [-0.39, 0.29) is 31.5 Å². The van der Waals surface area contributed by atoms with Crippen molar-refractivity contribution >= 4 is 28.5 Å². The van der Waals surface area contributed by atoms with E-state index in [9.17, 15) is 35.1 Å². The first-order chi connectivity index (χ1) is 37.4. The number of nitrogens with zero attached hydrogens (tertiary/aromatic N) is 5. The lowest BCUT2D eigenvalue weighted by Gasteiger charge is -2.63. The van der Waals surface area contributed by atoms with Gasteiger partial charge in [0.1, 0.15) is 29.6 Å². The second kappa shape index (κ2) is 20.3. The second-order valence-electron chi connectivity index (χ2n) is 23.9. The van der Waals surface area contributed by atoms with Crippen molar-refractivity contribution in [3.05, 3.63) is 104 Å². The molecular formula is C59H79N7O12. The zero-order valence-electron chi connectivity index (χ0n) is 46.0. The number of hydrogen-bond acceptors (Lipinski definition) is 15. The molecule has 11 rings (SSSR count). The Kier molecular flexibility index (Phi) is 14.2. The molecule has 422 valence electrons. The van der Waals surface area contributed by atoms with E-state index in [0.717, 1.165) is 33.4 Å². The van der Waals surface area contributed by atoms with Crippen molar-refractivity contribution in [2.24, 2.45) is 11.3 Å². The Morgan fingerprint density at radius 1 is 0.974 bits per heavy atom. The number of aliphatic hydroxyl groups excluding tert-OH is 3. The van der Waals surface area contributed by atoms with Crippen LogP contribution in [0.5, 0.6) is 5.75 Å². The normalized spacial score (nSPS) is 34.8. The molecule has 2 aromatic carbocycles. The number of nitrogens with one attached hydrogen (secondary N) is 2. The molecule has 1 spiro atoms. The maximum absolute atomic E-state index is 15.5. The maximum Gasteiger partial charge on any atom is 0.333 e. The molecule has 2 bridgehead atoms. The minimum absolute atomic E-state index is 0.104. The maximum atomic E-state index is 15.5. The van der Waals surface area contributed by atoms with Crippen molar-refractivity contribution in [1.82, 2.24) is 29.2 Å². The van der Waals surface area contributed by atoms with Gasteiger partial charge >= 0.3 is 11.7 Å². The highest BCUT2D eigenvalue weighted by molar-refractivity contribution is 5.95. The quantitative estimate of drug-likeness (QED) is 0.0515. The smallest absolute Gasteiger partial charge is 0.333 e. The minimum Gasteiger partial charge on any atom is -0.496 e. The molecule has 4 aromatic rings. The van der Waals surface area contributed by atoms with Crippen molar-refractivity contribution in [2.45, 2.75) is 157 Å². The summed E-state index contributed by atoms with van der Waals surface area (Å²) in [6.07, 6.45) is 6.71. The summed E-state index contributed by atoms with van der Waals surface area (Å²) in [5.74, 6) is -0.830. The van der Waals surface area contributed by atoms with Crippen molar-refractivity contribution < 1.29 is 49.3 Å². The molecule has 19 nitrogen and oxygen atoms in total. The monoisotopic (exact) mass is 1080 g/mol. The summed E-state index contributed by atoms with van der Waals surface area (Å²) in [5.41, 5.74) is -2.56. The Labute approximate surface area is 454 Å². The molecule has 6 aliphatic heterocycles. The van der Waals surface area contributed by atoms with Crippen LogP contribution in [0.3, 0.4) is 0 Å². The molecule has 1 saturated carbocycles. The first kappa shape index (κ1) is 54.6. The first-order valence-corrected chi connectivity index (χ1v) is 28.4. The van der Waals surface area contributed by atoms with Crippen molar-refractivity contribution in [1.29, 1.82) is 0 Å². The molecule has 7 N–H and O–H groups in total. The number of para-hydroxylation sites is 1. The number of aromatic amines is 1. The van der Waals surface area contributed by atoms with Gasteiger partial charge in [0.15, 0.2) is 5.60 Å². The number of methoxy groups -OCH3 is 2. The van der Waals surface area contributed by atoms with Crippen LogP contribution in [0.15, 0.2) is 64.3 Å². The number of likely N-dealkylation sites (N-methyl/N-ethyl adjacent to an activating group) is 1. The third kappa shape index (κ3) is 8.02. The predicted molar refractivity (Wildman–Crippen MR) is 292 cm³/mol. The van der Waals surface area contributed by atoms with E-state index < -0.39 is 87.8 Å². The average molecular weight is 1080 g/mol. The van der Waals surface area contributed by atoms with Gasteiger partial charge in [0, 0.05) is 115 Å². The number of aliphatic hydroxyl groups is 5. The van der Waals surface area contributed by atoms with E-state index in [1.807, 2.05) is 62.2 Å². The van der Waals surface area contributed by atoms with Gasteiger partial charge in [0.2, 0.25) is 0 Å². The molecule has 19 heteroatoms. The van der Waals surface area contributed by atoms with Gasteiger partial charge in [0.05, 0.1) is 38.6 Å². The third-order valence-electron chi connectivity index (χ3n) is 19.9. The topological polar surface area (TPSA) is 245 Å². The molecule has 0 radical (unpaired) electrons. The lowest BCUT2D eigenvalue weighted by atomic mass is 9.47. The van der Waals surface area contributed by atoms with Crippen LogP contribution in [-0.4, -0.2) is 170 Å². The number of amides is 1. The summed E-state index contributed by atoms with van der Waals surface area (Å²) >= 11 is 0. The van der Waals surface area contributed by atoms with Gasteiger partial charge in [-0.05, 0) is 94.0 Å². The summed E-state index contributed by atoms with van der Waals surface area (Å²) in [6, 6.07) is 10.9. The molecule has 3 saturated heterocycles. The molecule has 13 atom stereocenters. The summed E-state index contributed by atoms with van der Waals surface area (Å²) in [7, 11) is 4.90. The number of benzene rings is 2. The number of aromatic nitrogens is 3. The number of H-pyrrole nitrogens is 1. The lowest BCUT2D eigenvalue weighted by Crippen LogP contribution is -2.81. The second-order valence-corrected chi connectivity index (χ2v) is 23.9. The van der Waals surface area contributed by atoms with Gasteiger partial charge in [0.25, 0.3) is 11.5 Å². The number of anilines is 1. The van der Waals surface area contributed by atoms with E-state index in [1.54, 1.807) is 14.0 Å². The van der Waals surface area contributed by atoms with E-state index in [2.05, 4.69) is 32.2 Å². The van der Waals surface area contributed by atoms with Crippen molar-refractivity contribution in [3.8, 4) is 5.75 Å². The van der Waals surface area contributed by atoms with Crippen LogP contribution < -0.4 is 26.2 Å². The predicted octanol–water partition coefficient (Wildman–Crippen LogP) is 2.90. The fourth-order valence-electron chi connectivity index (χ4n) is 16.3. The number of carbonyl (C=O) groups is 2. The van der Waals surface area contributed by atoms with E-state index in [0.29, 0.717) is 114 Å². The SMILES string of the molecule is CC[C@]1(O)CC2CN(CCc3c([nH]c4ccccc34)[C@@](C(=O)OC)(c3cc4c(cc3OC)N(C)[C@@H]3C45CCN4CC=C[C@](CC)([C@H]45)[C@@H](O)[C@@]3(O)C(=O)NCCCCCCn3c(=O)c(C)cn([C@@H]4C[C@@H](O)[C@H](CO)O4)c3=O)C2)C1. The van der Waals surface area contributed by atoms with Gasteiger partial charge in [-0.3, -0.25) is 33.3 Å². The summed E-state index contributed by atoms with van der Waals surface area (Å²) in [4.78, 5) is 68.0. The number of hydrogen-bond donors (Lipinski definition) is 7. The zero-order chi connectivity index (χ0) is 55.3. The van der Waals surface area contributed by atoms with Gasteiger partial charge in [-0.15, -0.1) is 0 Å².